The summed E-state index contributed by atoms with van der Waals surface area (Å²) in [7, 11) is 0. The van der Waals surface area contributed by atoms with Gasteiger partial charge in [0.15, 0.2) is 0 Å². The molecule has 0 fully saturated rings. The third-order valence-electron chi connectivity index (χ3n) is 6.62. The Kier molecular flexibility index (Phi) is 8.14. The molecule has 0 unspecified atom stereocenters. The van der Waals surface area contributed by atoms with E-state index in [1.54, 1.807) is 12.1 Å². The highest BCUT2D eigenvalue weighted by molar-refractivity contribution is 6.14. The lowest BCUT2D eigenvalue weighted by Crippen LogP contribution is -2.10. The van der Waals surface area contributed by atoms with Gasteiger partial charge in [-0.1, -0.05) is 134 Å². The molecule has 0 atom stereocenters. The maximum absolute atomic E-state index is 11.1. The molecule has 0 saturated carbocycles. The lowest BCUT2D eigenvalue weighted by Gasteiger charge is -2.23. The van der Waals surface area contributed by atoms with Gasteiger partial charge in [0.05, 0.1) is 5.57 Å². The molecule has 0 bridgehead atoms. The molecule has 0 radical (unpaired) electrons. The zero-order valence-corrected chi connectivity index (χ0v) is 22.0. The van der Waals surface area contributed by atoms with Crippen LogP contribution in [0.3, 0.4) is 0 Å². The van der Waals surface area contributed by atoms with Gasteiger partial charge in [-0.2, -0.15) is 0 Å². The van der Waals surface area contributed by atoms with Gasteiger partial charge in [0.1, 0.15) is 0 Å². The van der Waals surface area contributed by atoms with Crippen LogP contribution in [0, 0.1) is 0 Å². The van der Waals surface area contributed by atoms with Crippen molar-refractivity contribution in [1.29, 1.82) is 0 Å². The zero-order valence-electron chi connectivity index (χ0n) is 22.0. The quantitative estimate of drug-likeness (QED) is 0.156. The second-order valence-corrected chi connectivity index (χ2v) is 9.31. The summed E-state index contributed by atoms with van der Waals surface area (Å²) in [5.41, 5.74) is 8.27. The van der Waals surface area contributed by atoms with Gasteiger partial charge in [0.25, 0.3) is 0 Å². The van der Waals surface area contributed by atoms with Crippen molar-refractivity contribution in [2.45, 2.75) is 0 Å². The van der Waals surface area contributed by atoms with Crippen LogP contribution >= 0.6 is 0 Å². The van der Waals surface area contributed by atoms with E-state index in [2.05, 4.69) is 115 Å². The Morgan fingerprint density at radius 3 is 1.45 bits per heavy atom. The van der Waals surface area contributed by atoms with E-state index in [4.69, 9.17) is 5.11 Å². The normalized spacial score (nSPS) is 10.7. The Bertz CT molecular complexity index is 1590. The number of aliphatic carboxylic acids is 1. The van der Waals surface area contributed by atoms with E-state index in [1.807, 2.05) is 42.5 Å². The summed E-state index contributed by atoms with van der Waals surface area (Å²) in [5.74, 6) is -1.01. The van der Waals surface area contributed by atoms with Gasteiger partial charge in [-0.3, -0.25) is 0 Å². The van der Waals surface area contributed by atoms with Gasteiger partial charge in [-0.25, -0.2) is 4.79 Å². The molecule has 0 aromatic heterocycles. The maximum Gasteiger partial charge on any atom is 0.335 e. The Hall–Kier alpha value is -5.41. The Labute approximate surface area is 235 Å². The first-order chi connectivity index (χ1) is 19.6. The molecular weight excluding hydrogens is 490 g/mol. The summed E-state index contributed by atoms with van der Waals surface area (Å²) in [6, 6.07) is 47.0. The van der Waals surface area contributed by atoms with Crippen LogP contribution < -0.4 is 4.90 Å². The molecule has 5 aromatic carbocycles. The highest BCUT2D eigenvalue weighted by Crippen LogP contribution is 2.31. The smallest absolute Gasteiger partial charge is 0.335 e. The van der Waals surface area contributed by atoms with Crippen LogP contribution in [0.15, 0.2) is 152 Å². The van der Waals surface area contributed by atoms with E-state index in [9.17, 15) is 4.79 Å². The summed E-state index contributed by atoms with van der Waals surface area (Å²) >= 11 is 0. The molecule has 0 spiro atoms. The number of para-hydroxylation sites is 1. The Balaban J connectivity index is 1.46. The number of hydrogen-bond acceptors (Lipinski definition) is 2. The van der Waals surface area contributed by atoms with Gasteiger partial charge in [-0.05, 0) is 52.1 Å². The molecule has 0 saturated heterocycles. The molecule has 194 valence electrons. The molecule has 5 aromatic rings. The van der Waals surface area contributed by atoms with E-state index < -0.39 is 5.97 Å². The van der Waals surface area contributed by atoms with Crippen molar-refractivity contribution in [3.05, 3.63) is 180 Å². The first-order valence-electron chi connectivity index (χ1n) is 13.1. The highest BCUT2D eigenvalue weighted by atomic mass is 16.4. The molecule has 3 heteroatoms. The maximum atomic E-state index is 11.1. The second-order valence-electron chi connectivity index (χ2n) is 9.31. The van der Waals surface area contributed by atoms with E-state index in [-0.39, 0.29) is 5.57 Å². The van der Waals surface area contributed by atoms with Crippen LogP contribution in [-0.2, 0) is 4.79 Å². The Morgan fingerprint density at radius 1 is 0.550 bits per heavy atom. The number of carbonyl (C=O) groups is 1. The summed E-state index contributed by atoms with van der Waals surface area (Å²) in [6.07, 6.45) is 6.27. The number of rotatable bonds is 9. The third kappa shape index (κ3) is 6.35. The fraction of sp³-hybridized carbons (Fsp3) is 0. The number of anilines is 2. The minimum atomic E-state index is -1.01. The first kappa shape index (κ1) is 26.2. The fourth-order valence-corrected chi connectivity index (χ4v) is 4.42. The SMILES string of the molecule is C=C(C(=O)O)c1ccc(C=Cc2ccc(N(C=C(c3ccccc3)c3ccccc3)c3ccccc3)cc2)cc1. The molecule has 0 aliphatic heterocycles. The van der Waals surface area contributed by atoms with Gasteiger partial charge >= 0.3 is 5.97 Å². The van der Waals surface area contributed by atoms with Crippen LogP contribution in [0.1, 0.15) is 27.8 Å². The van der Waals surface area contributed by atoms with Crippen LogP contribution in [0.5, 0.6) is 0 Å². The average Bonchev–Trinajstić information content (AvgIpc) is 3.02. The predicted molar refractivity (Wildman–Crippen MR) is 167 cm³/mol. The molecule has 3 nitrogen and oxygen atoms in total. The average molecular weight is 520 g/mol. The fourth-order valence-electron chi connectivity index (χ4n) is 4.42. The van der Waals surface area contributed by atoms with Crippen molar-refractivity contribution < 1.29 is 9.90 Å². The van der Waals surface area contributed by atoms with E-state index in [0.717, 1.165) is 39.2 Å². The summed E-state index contributed by atoms with van der Waals surface area (Å²) in [5, 5.41) is 9.13. The molecule has 1 N–H and O–H groups in total. The summed E-state index contributed by atoms with van der Waals surface area (Å²) < 4.78 is 0. The monoisotopic (exact) mass is 519 g/mol. The number of benzene rings is 5. The van der Waals surface area contributed by atoms with Gasteiger partial charge in [0, 0.05) is 23.1 Å². The first-order valence-corrected chi connectivity index (χ1v) is 13.1. The van der Waals surface area contributed by atoms with Crippen molar-refractivity contribution in [3.8, 4) is 0 Å². The van der Waals surface area contributed by atoms with Gasteiger partial charge in [0.2, 0.25) is 0 Å². The standard InChI is InChI=1S/C37H29NO2/c1-28(37(39)40)31-23-19-29(20-24-31)17-18-30-21-25-35(26-22-30)38(34-15-9-4-10-16-34)27-36(32-11-5-2-6-12-32)33-13-7-3-8-14-33/h2-27H,1H2,(H,39,40). The molecule has 0 aliphatic carbocycles. The van der Waals surface area contributed by atoms with Gasteiger partial charge in [-0.15, -0.1) is 0 Å². The number of nitrogens with zero attached hydrogens (tertiary/aromatic N) is 1. The van der Waals surface area contributed by atoms with Gasteiger partial charge < -0.3 is 10.0 Å². The topological polar surface area (TPSA) is 40.5 Å². The molecular formula is C37H29NO2. The second kappa shape index (κ2) is 12.4. The van der Waals surface area contributed by atoms with E-state index in [0.29, 0.717) is 5.56 Å². The molecule has 0 amide bonds. The Morgan fingerprint density at radius 2 is 0.975 bits per heavy atom. The van der Waals surface area contributed by atoms with Crippen LogP contribution in [0.2, 0.25) is 0 Å². The predicted octanol–water partition coefficient (Wildman–Crippen LogP) is 9.18. The third-order valence-corrected chi connectivity index (χ3v) is 6.62. The van der Waals surface area contributed by atoms with Crippen LogP contribution in [-0.4, -0.2) is 11.1 Å². The highest BCUT2D eigenvalue weighted by Gasteiger charge is 2.12. The largest absolute Gasteiger partial charge is 0.478 e. The van der Waals surface area contributed by atoms with Crippen molar-refractivity contribution in [1.82, 2.24) is 0 Å². The zero-order chi connectivity index (χ0) is 27.7. The van der Waals surface area contributed by atoms with Crippen LogP contribution in [0.25, 0.3) is 23.3 Å². The summed E-state index contributed by atoms with van der Waals surface area (Å²) in [4.78, 5) is 13.4. The minimum absolute atomic E-state index is 0.0887. The van der Waals surface area contributed by atoms with Crippen molar-refractivity contribution in [2.75, 3.05) is 4.90 Å². The molecule has 5 rings (SSSR count). The summed E-state index contributed by atoms with van der Waals surface area (Å²) in [6.45, 7) is 3.62. The lowest BCUT2D eigenvalue weighted by molar-refractivity contribution is -0.130. The number of carboxylic acid groups (broad SMARTS) is 1. The van der Waals surface area contributed by atoms with Crippen molar-refractivity contribution in [3.63, 3.8) is 0 Å². The number of carboxylic acids is 1. The van der Waals surface area contributed by atoms with Crippen molar-refractivity contribution in [2.24, 2.45) is 0 Å². The van der Waals surface area contributed by atoms with E-state index in [1.165, 1.54) is 0 Å². The lowest BCUT2D eigenvalue weighted by atomic mass is 9.98. The van der Waals surface area contributed by atoms with Crippen molar-refractivity contribution >= 4 is 40.6 Å². The minimum Gasteiger partial charge on any atom is -0.478 e. The number of hydrogen-bond donors (Lipinski definition) is 1. The molecule has 40 heavy (non-hydrogen) atoms. The molecule has 0 aliphatic rings. The van der Waals surface area contributed by atoms with Crippen LogP contribution in [0.4, 0.5) is 11.4 Å². The van der Waals surface area contributed by atoms with E-state index >= 15 is 0 Å². The molecule has 0 heterocycles.